The molecule has 1 heterocycles. The number of amides is 1. The van der Waals surface area contributed by atoms with Gasteiger partial charge in [0.1, 0.15) is 0 Å². The van der Waals surface area contributed by atoms with Crippen LogP contribution in [0.25, 0.3) is 0 Å². The van der Waals surface area contributed by atoms with E-state index in [1.165, 1.54) is 12.2 Å². The highest BCUT2D eigenvalue weighted by molar-refractivity contribution is 5.82. The predicted octanol–water partition coefficient (Wildman–Crippen LogP) is 4.07. The Morgan fingerprint density at radius 1 is 0.862 bits per heavy atom. The third kappa shape index (κ3) is 3.24. The van der Waals surface area contributed by atoms with Crippen molar-refractivity contribution in [2.75, 3.05) is 20.7 Å². The fourth-order valence-electron chi connectivity index (χ4n) is 4.38. The Balaban J connectivity index is 1.95. The molecule has 1 aliphatic heterocycles. The van der Waals surface area contributed by atoms with E-state index < -0.39 is 5.54 Å². The Hall–Kier alpha value is -2.95. The molecular formula is C25H26N2O2. The Bertz CT molecular complexity index is 848. The summed E-state index contributed by atoms with van der Waals surface area (Å²) in [5, 5.41) is 1.34. The zero-order valence-corrected chi connectivity index (χ0v) is 16.9. The van der Waals surface area contributed by atoms with Crippen molar-refractivity contribution in [3.63, 3.8) is 0 Å². The molecule has 0 radical (unpaired) electrons. The van der Waals surface area contributed by atoms with Crippen LogP contribution in [0.1, 0.15) is 23.1 Å². The van der Waals surface area contributed by atoms with E-state index in [0.717, 1.165) is 29.7 Å². The standard InChI is InChI=1S/C25H26N2O2/c1-26(29-2)24(28)23-18-19-27(23)25(20-12-6-3-7-13-20,21-14-8-4-9-15-21)22-16-10-5-11-17-22/h3-17,23H,18-19H2,1-2H3. The highest BCUT2D eigenvalue weighted by Gasteiger charge is 2.51. The molecule has 1 amide bonds. The van der Waals surface area contributed by atoms with Crippen LogP contribution in [0.15, 0.2) is 91.0 Å². The second-order valence-corrected chi connectivity index (χ2v) is 7.32. The van der Waals surface area contributed by atoms with Gasteiger partial charge >= 0.3 is 0 Å². The molecule has 3 aromatic rings. The SMILES string of the molecule is CON(C)C(=O)C1CCN1C(c1ccccc1)(c1ccccc1)c1ccccc1. The number of nitrogens with zero attached hydrogens (tertiary/aromatic N) is 2. The van der Waals surface area contributed by atoms with Crippen molar-refractivity contribution < 1.29 is 9.63 Å². The maximum atomic E-state index is 13.1. The Morgan fingerprint density at radius 2 is 1.28 bits per heavy atom. The lowest BCUT2D eigenvalue weighted by Crippen LogP contribution is -2.64. The van der Waals surface area contributed by atoms with E-state index in [4.69, 9.17) is 4.84 Å². The first-order chi connectivity index (χ1) is 14.2. The van der Waals surface area contributed by atoms with Gasteiger partial charge in [0.05, 0.1) is 18.7 Å². The second kappa shape index (κ2) is 8.19. The lowest BCUT2D eigenvalue weighted by atomic mass is 9.72. The molecule has 0 spiro atoms. The van der Waals surface area contributed by atoms with Crippen LogP contribution >= 0.6 is 0 Å². The van der Waals surface area contributed by atoms with Crippen molar-refractivity contribution >= 4 is 5.91 Å². The first-order valence-corrected chi connectivity index (χ1v) is 9.94. The molecule has 1 fully saturated rings. The molecule has 0 saturated carbocycles. The number of likely N-dealkylation sites (tertiary alicyclic amines) is 1. The highest BCUT2D eigenvalue weighted by atomic mass is 16.7. The number of carbonyl (C=O) groups excluding carboxylic acids is 1. The smallest absolute Gasteiger partial charge is 0.263 e. The molecule has 1 unspecified atom stereocenters. The summed E-state index contributed by atoms with van der Waals surface area (Å²) >= 11 is 0. The van der Waals surface area contributed by atoms with Gasteiger partial charge in [0.25, 0.3) is 5.91 Å². The fraction of sp³-hybridized carbons (Fsp3) is 0.240. The minimum absolute atomic E-state index is 0.0223. The van der Waals surface area contributed by atoms with Crippen LogP contribution < -0.4 is 0 Å². The maximum absolute atomic E-state index is 13.1. The van der Waals surface area contributed by atoms with Crippen LogP contribution in [0.2, 0.25) is 0 Å². The van der Waals surface area contributed by atoms with Crippen molar-refractivity contribution in [3.05, 3.63) is 108 Å². The molecule has 4 rings (SSSR count). The lowest BCUT2D eigenvalue weighted by molar-refractivity contribution is -0.182. The summed E-state index contributed by atoms with van der Waals surface area (Å²) in [4.78, 5) is 20.6. The van der Waals surface area contributed by atoms with Crippen LogP contribution in [-0.2, 0) is 15.2 Å². The number of hydroxylamine groups is 2. The molecule has 1 saturated heterocycles. The van der Waals surface area contributed by atoms with E-state index in [2.05, 4.69) is 77.7 Å². The summed E-state index contributed by atoms with van der Waals surface area (Å²) in [7, 11) is 3.20. The summed E-state index contributed by atoms with van der Waals surface area (Å²) < 4.78 is 0. The van der Waals surface area contributed by atoms with Gasteiger partial charge in [0.2, 0.25) is 0 Å². The molecule has 4 heteroatoms. The monoisotopic (exact) mass is 386 g/mol. The number of likely N-dealkylation sites (N-methyl/N-ethyl adjacent to an activating group) is 1. The van der Waals surface area contributed by atoms with Gasteiger partial charge in [-0.1, -0.05) is 91.0 Å². The zero-order chi connectivity index (χ0) is 20.3. The Kier molecular flexibility index (Phi) is 5.47. The van der Waals surface area contributed by atoms with E-state index in [-0.39, 0.29) is 11.9 Å². The van der Waals surface area contributed by atoms with Crippen molar-refractivity contribution in [3.8, 4) is 0 Å². The average Bonchev–Trinajstić information content (AvgIpc) is 2.77. The summed E-state index contributed by atoms with van der Waals surface area (Å²) in [5.41, 5.74) is 2.89. The minimum Gasteiger partial charge on any atom is -0.275 e. The van der Waals surface area contributed by atoms with Crippen molar-refractivity contribution in [2.45, 2.75) is 18.0 Å². The topological polar surface area (TPSA) is 32.8 Å². The van der Waals surface area contributed by atoms with Crippen molar-refractivity contribution in [1.82, 2.24) is 9.96 Å². The number of hydrogen-bond donors (Lipinski definition) is 0. The van der Waals surface area contributed by atoms with E-state index >= 15 is 0 Å². The normalized spacial score (nSPS) is 16.8. The van der Waals surface area contributed by atoms with E-state index in [1.54, 1.807) is 7.05 Å². The number of hydrogen-bond acceptors (Lipinski definition) is 3. The summed E-state index contributed by atoms with van der Waals surface area (Å²) in [6.07, 6.45) is 0.806. The maximum Gasteiger partial charge on any atom is 0.263 e. The molecule has 29 heavy (non-hydrogen) atoms. The molecule has 1 atom stereocenters. The molecular weight excluding hydrogens is 360 g/mol. The van der Waals surface area contributed by atoms with Gasteiger partial charge < -0.3 is 0 Å². The van der Waals surface area contributed by atoms with E-state index in [0.29, 0.717) is 0 Å². The Morgan fingerprint density at radius 3 is 1.59 bits per heavy atom. The molecule has 0 N–H and O–H groups in total. The quantitative estimate of drug-likeness (QED) is 0.473. The number of rotatable bonds is 6. The summed E-state index contributed by atoms with van der Waals surface area (Å²) in [5.74, 6) is -0.0223. The van der Waals surface area contributed by atoms with Crippen LogP contribution in [-0.4, -0.2) is 42.6 Å². The molecule has 0 bridgehead atoms. The molecule has 3 aromatic carbocycles. The zero-order valence-electron chi connectivity index (χ0n) is 16.9. The van der Waals surface area contributed by atoms with Gasteiger partial charge in [-0.15, -0.1) is 0 Å². The molecule has 1 aliphatic rings. The fourth-order valence-corrected chi connectivity index (χ4v) is 4.38. The minimum atomic E-state index is -0.559. The average molecular weight is 386 g/mol. The van der Waals surface area contributed by atoms with Gasteiger partial charge in [-0.05, 0) is 23.1 Å². The van der Waals surface area contributed by atoms with Crippen LogP contribution in [0.3, 0.4) is 0 Å². The van der Waals surface area contributed by atoms with Crippen LogP contribution in [0, 0.1) is 0 Å². The largest absolute Gasteiger partial charge is 0.275 e. The highest BCUT2D eigenvalue weighted by Crippen LogP contribution is 2.46. The summed E-state index contributed by atoms with van der Waals surface area (Å²) in [6.45, 7) is 0.826. The number of carbonyl (C=O) groups is 1. The van der Waals surface area contributed by atoms with Gasteiger partial charge in [0.15, 0.2) is 0 Å². The lowest BCUT2D eigenvalue weighted by Gasteiger charge is -2.54. The van der Waals surface area contributed by atoms with Crippen LogP contribution in [0.4, 0.5) is 0 Å². The van der Waals surface area contributed by atoms with E-state index in [1.807, 2.05) is 18.2 Å². The van der Waals surface area contributed by atoms with Crippen molar-refractivity contribution in [2.24, 2.45) is 0 Å². The van der Waals surface area contributed by atoms with Gasteiger partial charge in [-0.3, -0.25) is 14.5 Å². The summed E-state index contributed by atoms with van der Waals surface area (Å²) in [6, 6.07) is 31.1. The third-order valence-electron chi connectivity index (χ3n) is 5.89. The first kappa shape index (κ1) is 19.4. The van der Waals surface area contributed by atoms with Gasteiger partial charge in [0, 0.05) is 13.6 Å². The predicted molar refractivity (Wildman–Crippen MR) is 114 cm³/mol. The third-order valence-corrected chi connectivity index (χ3v) is 5.89. The first-order valence-electron chi connectivity index (χ1n) is 9.94. The number of benzene rings is 3. The second-order valence-electron chi connectivity index (χ2n) is 7.32. The molecule has 0 aliphatic carbocycles. The molecule has 148 valence electrons. The molecule has 0 aromatic heterocycles. The molecule has 4 nitrogen and oxygen atoms in total. The van der Waals surface area contributed by atoms with Gasteiger partial charge in [-0.25, -0.2) is 5.06 Å². The Labute approximate surface area is 172 Å². The van der Waals surface area contributed by atoms with Crippen LogP contribution in [0.5, 0.6) is 0 Å². The van der Waals surface area contributed by atoms with E-state index in [9.17, 15) is 4.79 Å². The van der Waals surface area contributed by atoms with Gasteiger partial charge in [-0.2, -0.15) is 0 Å². The van der Waals surface area contributed by atoms with Crippen molar-refractivity contribution in [1.29, 1.82) is 0 Å².